The van der Waals surface area contributed by atoms with Crippen LogP contribution in [0.15, 0.2) is 36.8 Å². The van der Waals surface area contributed by atoms with E-state index < -0.39 is 0 Å². The van der Waals surface area contributed by atoms with Gasteiger partial charge in [0.05, 0.1) is 6.33 Å². The fraction of sp³-hybridized carbons (Fsp3) is 0.263. The Morgan fingerprint density at radius 1 is 1.13 bits per heavy atom. The summed E-state index contributed by atoms with van der Waals surface area (Å²) in [6.07, 6.45) is 2.85. The van der Waals surface area contributed by atoms with Crippen molar-refractivity contribution in [3.8, 4) is 5.88 Å². The monoisotopic (exact) mass is 426 g/mol. The predicted molar refractivity (Wildman–Crippen MR) is 113 cm³/mol. The van der Waals surface area contributed by atoms with Crippen molar-refractivity contribution in [2.75, 3.05) is 48.0 Å². The molecular weight excluding hydrogens is 408 g/mol. The number of aromatic nitrogens is 4. The molecule has 3 aromatic rings. The highest BCUT2D eigenvalue weighted by atomic mass is 35.5. The Labute approximate surface area is 177 Å². The molecule has 0 spiro atoms. The van der Waals surface area contributed by atoms with Crippen LogP contribution in [0.2, 0.25) is 5.15 Å². The lowest BCUT2D eigenvalue weighted by atomic mass is 10.2. The minimum Gasteiger partial charge on any atom is -0.455 e. The number of halogens is 1. The highest BCUT2D eigenvalue weighted by Gasteiger charge is 2.31. The number of nitrogens with one attached hydrogen (secondary N) is 3. The van der Waals surface area contributed by atoms with E-state index in [0.29, 0.717) is 11.8 Å². The number of fused-ring (bicyclic) bond motifs is 1. The standard InChI is InChI=1S/C19H19ClN8O2/c20-15-16(24-10-23-15)28-11-30-17-14(18(28)29)9-22-19(26-17)25-12-1-3-13(4-2-12)27-7-5-21-6-8-27/h1-4,9-10,21H,5-8,11H2,(H,23,24)(H,22,25,26). The minimum absolute atomic E-state index is 0.0355. The first-order valence-corrected chi connectivity index (χ1v) is 9.90. The van der Waals surface area contributed by atoms with E-state index in [-0.39, 0.29) is 29.2 Å². The molecule has 154 valence electrons. The summed E-state index contributed by atoms with van der Waals surface area (Å²) in [5.74, 6) is 0.553. The number of aromatic amines is 1. The van der Waals surface area contributed by atoms with Crippen molar-refractivity contribution in [2.45, 2.75) is 0 Å². The molecule has 0 atom stereocenters. The summed E-state index contributed by atoms with van der Waals surface area (Å²) >= 11 is 6.03. The van der Waals surface area contributed by atoms with Crippen LogP contribution in [0.4, 0.5) is 23.1 Å². The van der Waals surface area contributed by atoms with Crippen LogP contribution in [0.5, 0.6) is 5.88 Å². The van der Waals surface area contributed by atoms with Gasteiger partial charge < -0.3 is 25.3 Å². The number of piperazine rings is 1. The van der Waals surface area contributed by atoms with Crippen molar-refractivity contribution in [3.05, 3.63) is 47.5 Å². The van der Waals surface area contributed by atoms with Crippen molar-refractivity contribution in [2.24, 2.45) is 0 Å². The van der Waals surface area contributed by atoms with Crippen LogP contribution in [0.1, 0.15) is 10.4 Å². The number of benzene rings is 1. The van der Waals surface area contributed by atoms with Gasteiger partial charge in [-0.15, -0.1) is 0 Å². The zero-order valence-corrected chi connectivity index (χ0v) is 16.7. The summed E-state index contributed by atoms with van der Waals surface area (Å²) in [7, 11) is 0. The number of ether oxygens (including phenoxy) is 1. The summed E-state index contributed by atoms with van der Waals surface area (Å²) in [4.78, 5) is 31.8. The number of nitrogens with zero attached hydrogens (tertiary/aromatic N) is 5. The molecule has 30 heavy (non-hydrogen) atoms. The molecule has 1 aromatic carbocycles. The number of hydrogen-bond acceptors (Lipinski definition) is 8. The molecule has 5 rings (SSSR count). The number of H-pyrrole nitrogens is 1. The summed E-state index contributed by atoms with van der Waals surface area (Å²) < 4.78 is 5.65. The van der Waals surface area contributed by atoms with Gasteiger partial charge in [-0.1, -0.05) is 11.6 Å². The van der Waals surface area contributed by atoms with Gasteiger partial charge in [-0.3, -0.25) is 9.69 Å². The third-order valence-corrected chi connectivity index (χ3v) is 5.27. The Balaban J connectivity index is 1.30. The molecule has 10 nitrogen and oxygen atoms in total. The van der Waals surface area contributed by atoms with Crippen LogP contribution in [-0.2, 0) is 0 Å². The topological polar surface area (TPSA) is 111 Å². The number of rotatable bonds is 4. The van der Waals surface area contributed by atoms with Crippen molar-refractivity contribution < 1.29 is 9.53 Å². The van der Waals surface area contributed by atoms with E-state index in [9.17, 15) is 4.79 Å². The molecule has 0 bridgehead atoms. The number of hydrogen-bond donors (Lipinski definition) is 3. The Morgan fingerprint density at radius 2 is 1.93 bits per heavy atom. The maximum Gasteiger partial charge on any atom is 0.269 e. The van der Waals surface area contributed by atoms with E-state index in [0.717, 1.165) is 31.9 Å². The van der Waals surface area contributed by atoms with Gasteiger partial charge in [0.15, 0.2) is 17.7 Å². The molecule has 1 saturated heterocycles. The van der Waals surface area contributed by atoms with Gasteiger partial charge in [0.2, 0.25) is 11.8 Å². The number of carbonyl (C=O) groups is 1. The first-order valence-electron chi connectivity index (χ1n) is 9.52. The number of carbonyl (C=O) groups excluding carboxylic acids is 1. The molecule has 1 fully saturated rings. The maximum absolute atomic E-state index is 12.7. The molecule has 0 radical (unpaired) electrons. The van der Waals surface area contributed by atoms with E-state index in [1.807, 2.05) is 12.1 Å². The third-order valence-electron chi connectivity index (χ3n) is 5.00. The van der Waals surface area contributed by atoms with Gasteiger partial charge in [-0.25, -0.2) is 9.97 Å². The summed E-state index contributed by atoms with van der Waals surface area (Å²) in [6.45, 7) is 3.93. The fourth-order valence-corrected chi connectivity index (χ4v) is 3.64. The molecule has 1 amide bonds. The third kappa shape index (κ3) is 3.51. The van der Waals surface area contributed by atoms with Crippen molar-refractivity contribution >= 4 is 40.6 Å². The molecule has 3 N–H and O–H groups in total. The molecule has 2 aromatic heterocycles. The van der Waals surface area contributed by atoms with Gasteiger partial charge in [-0.05, 0) is 24.3 Å². The normalized spacial score (nSPS) is 16.2. The van der Waals surface area contributed by atoms with Gasteiger partial charge in [0.25, 0.3) is 5.91 Å². The smallest absolute Gasteiger partial charge is 0.269 e. The highest BCUT2D eigenvalue weighted by Crippen LogP contribution is 2.30. The lowest BCUT2D eigenvalue weighted by Gasteiger charge is -2.29. The van der Waals surface area contributed by atoms with Gasteiger partial charge in [-0.2, -0.15) is 4.98 Å². The Hall–Kier alpha value is -3.37. The Morgan fingerprint density at radius 3 is 2.67 bits per heavy atom. The highest BCUT2D eigenvalue weighted by molar-refractivity contribution is 6.32. The van der Waals surface area contributed by atoms with Crippen LogP contribution < -0.4 is 25.2 Å². The molecule has 0 saturated carbocycles. The largest absolute Gasteiger partial charge is 0.455 e. The molecule has 0 unspecified atom stereocenters. The molecular formula is C19H19ClN8O2. The van der Waals surface area contributed by atoms with Crippen LogP contribution in [0, 0.1) is 0 Å². The fourth-order valence-electron chi connectivity index (χ4n) is 3.44. The van der Waals surface area contributed by atoms with Crippen LogP contribution in [-0.4, -0.2) is 58.8 Å². The first-order chi connectivity index (χ1) is 14.7. The second-order valence-electron chi connectivity index (χ2n) is 6.87. The molecule has 4 heterocycles. The second kappa shape index (κ2) is 7.81. The van der Waals surface area contributed by atoms with Crippen LogP contribution in [0.25, 0.3) is 0 Å². The van der Waals surface area contributed by atoms with Crippen LogP contribution >= 0.6 is 11.6 Å². The van der Waals surface area contributed by atoms with Crippen LogP contribution in [0.3, 0.4) is 0 Å². The molecule has 2 aliphatic rings. The van der Waals surface area contributed by atoms with E-state index in [4.69, 9.17) is 16.3 Å². The van der Waals surface area contributed by atoms with E-state index >= 15 is 0 Å². The quantitative estimate of drug-likeness (QED) is 0.581. The molecule has 2 aliphatic heterocycles. The Kier molecular flexibility index (Phi) is 4.85. The maximum atomic E-state index is 12.7. The summed E-state index contributed by atoms with van der Waals surface area (Å²) in [6, 6.07) is 8.09. The van der Waals surface area contributed by atoms with E-state index in [1.54, 1.807) is 0 Å². The second-order valence-corrected chi connectivity index (χ2v) is 7.25. The van der Waals surface area contributed by atoms with E-state index in [1.165, 1.54) is 23.1 Å². The summed E-state index contributed by atoms with van der Waals surface area (Å²) in [5.41, 5.74) is 2.28. The SMILES string of the molecule is O=C1c2cnc(Nc3ccc(N4CCNCC4)cc3)nc2OCN1c1nc[nH]c1Cl. The lowest BCUT2D eigenvalue weighted by molar-refractivity contribution is 0.0931. The average molecular weight is 427 g/mol. The van der Waals surface area contributed by atoms with Gasteiger partial charge >= 0.3 is 0 Å². The number of amides is 1. The zero-order chi connectivity index (χ0) is 20.5. The first kappa shape index (κ1) is 18.6. The predicted octanol–water partition coefficient (Wildman–Crippen LogP) is 2.00. The zero-order valence-electron chi connectivity index (χ0n) is 15.9. The molecule has 0 aliphatic carbocycles. The average Bonchev–Trinajstić information content (AvgIpc) is 3.21. The summed E-state index contributed by atoms with van der Waals surface area (Å²) in [5, 5.41) is 6.76. The van der Waals surface area contributed by atoms with E-state index in [2.05, 4.69) is 47.6 Å². The lowest BCUT2D eigenvalue weighted by Crippen LogP contribution is -2.43. The minimum atomic E-state index is -0.322. The van der Waals surface area contributed by atoms with Gasteiger partial charge in [0.1, 0.15) is 5.56 Å². The number of anilines is 4. The van der Waals surface area contributed by atoms with Crippen molar-refractivity contribution in [3.63, 3.8) is 0 Å². The molecule has 11 heteroatoms. The van der Waals surface area contributed by atoms with Crippen molar-refractivity contribution in [1.29, 1.82) is 0 Å². The van der Waals surface area contributed by atoms with Crippen molar-refractivity contribution in [1.82, 2.24) is 25.3 Å². The number of imidazole rings is 1. The Bertz CT molecular complexity index is 1060. The van der Waals surface area contributed by atoms with Gasteiger partial charge in [0, 0.05) is 43.8 Å².